The Balaban J connectivity index is 2.00. The lowest BCUT2D eigenvalue weighted by molar-refractivity contribution is -0.137. The van der Waals surface area contributed by atoms with E-state index < -0.39 is 17.7 Å². The van der Waals surface area contributed by atoms with Crippen molar-refractivity contribution in [1.82, 2.24) is 0 Å². The second-order valence-electron chi connectivity index (χ2n) is 10.8. The highest BCUT2D eigenvalue weighted by molar-refractivity contribution is 5.96. The molecule has 3 rings (SSSR count). The molecule has 0 bridgehead atoms. The van der Waals surface area contributed by atoms with Crippen LogP contribution in [-0.2, 0) is 20.7 Å². The van der Waals surface area contributed by atoms with Crippen LogP contribution >= 0.6 is 0 Å². The fraction of sp³-hybridized carbons (Fsp3) is 0.548. The van der Waals surface area contributed by atoms with Crippen molar-refractivity contribution in [2.24, 2.45) is 5.92 Å². The van der Waals surface area contributed by atoms with Gasteiger partial charge in [0.05, 0.1) is 37.4 Å². The smallest absolute Gasteiger partial charge is 0.304 e. The molecule has 1 fully saturated rings. The summed E-state index contributed by atoms with van der Waals surface area (Å²) in [7, 11) is 1.49. The van der Waals surface area contributed by atoms with Crippen LogP contribution in [0.4, 0.5) is 15.8 Å². The van der Waals surface area contributed by atoms with Crippen molar-refractivity contribution in [2.75, 3.05) is 37.1 Å². The molecule has 1 atom stereocenters. The maximum absolute atomic E-state index is 16.1. The molecule has 2 N–H and O–H groups in total. The number of nitrogens with zero attached hydrogens (tertiary/aromatic N) is 1. The quantitative estimate of drug-likeness (QED) is 0.287. The van der Waals surface area contributed by atoms with E-state index in [4.69, 9.17) is 9.47 Å². The van der Waals surface area contributed by atoms with Crippen LogP contribution < -0.4 is 15.0 Å². The number of benzene rings is 2. The Hall–Kier alpha value is -3.13. The molecular formula is C31H43FN2O5. The number of carboxylic acids is 1. The van der Waals surface area contributed by atoms with Crippen molar-refractivity contribution in [1.29, 1.82) is 0 Å². The Bertz CT molecular complexity index is 1080. The number of hydrogen-bond acceptors (Lipinski definition) is 5. The number of rotatable bonds is 14. The number of hydrogen-bond donors (Lipinski definition) is 2. The fourth-order valence-corrected chi connectivity index (χ4v) is 5.39. The molecule has 1 saturated carbocycles. The summed E-state index contributed by atoms with van der Waals surface area (Å²) in [6.45, 7) is 7.46. The van der Waals surface area contributed by atoms with Crippen molar-refractivity contribution in [2.45, 2.75) is 77.7 Å². The number of carboxylic acid groups (broad SMARTS) is 1. The number of nitrogens with one attached hydrogen (secondary N) is 1. The van der Waals surface area contributed by atoms with Gasteiger partial charge in [-0.2, -0.15) is 0 Å². The third-order valence-corrected chi connectivity index (χ3v) is 7.08. The molecule has 0 aromatic heterocycles. The van der Waals surface area contributed by atoms with Gasteiger partial charge in [-0.3, -0.25) is 9.59 Å². The Morgan fingerprint density at radius 3 is 2.41 bits per heavy atom. The van der Waals surface area contributed by atoms with Gasteiger partial charge in [-0.25, -0.2) is 4.39 Å². The Morgan fingerprint density at radius 1 is 1.13 bits per heavy atom. The highest BCUT2D eigenvalue weighted by Crippen LogP contribution is 2.38. The Labute approximate surface area is 231 Å². The monoisotopic (exact) mass is 542 g/mol. The number of anilines is 2. The average Bonchev–Trinajstić information content (AvgIpc) is 2.88. The average molecular weight is 543 g/mol. The van der Waals surface area contributed by atoms with Gasteiger partial charge in [0.25, 0.3) is 0 Å². The van der Waals surface area contributed by atoms with E-state index in [1.807, 2.05) is 31.2 Å². The molecule has 39 heavy (non-hydrogen) atoms. The van der Waals surface area contributed by atoms with Crippen molar-refractivity contribution in [3.63, 3.8) is 0 Å². The minimum atomic E-state index is -0.994. The van der Waals surface area contributed by atoms with Gasteiger partial charge >= 0.3 is 5.97 Å². The normalized spacial score (nSPS) is 14.7. The van der Waals surface area contributed by atoms with Crippen molar-refractivity contribution >= 4 is 23.3 Å². The van der Waals surface area contributed by atoms with Gasteiger partial charge in [0.15, 0.2) is 0 Å². The summed E-state index contributed by atoms with van der Waals surface area (Å²) in [5, 5.41) is 12.4. The maximum atomic E-state index is 16.1. The van der Waals surface area contributed by atoms with Crippen LogP contribution in [0.1, 0.15) is 76.3 Å². The zero-order chi connectivity index (χ0) is 28.4. The van der Waals surface area contributed by atoms with Crippen LogP contribution in [0, 0.1) is 11.7 Å². The second-order valence-corrected chi connectivity index (χ2v) is 10.8. The number of aliphatic carboxylic acids is 1. The molecule has 2 aromatic rings. The Morgan fingerprint density at radius 2 is 1.82 bits per heavy atom. The van der Waals surface area contributed by atoms with Crippen molar-refractivity contribution in [3.8, 4) is 5.75 Å². The fourth-order valence-electron chi connectivity index (χ4n) is 5.39. The van der Waals surface area contributed by atoms with E-state index >= 15 is 4.39 Å². The summed E-state index contributed by atoms with van der Waals surface area (Å²) in [5.74, 6) is -1.25. The minimum Gasteiger partial charge on any atom is -0.494 e. The van der Waals surface area contributed by atoms with E-state index in [2.05, 4.69) is 24.1 Å². The van der Waals surface area contributed by atoms with E-state index in [0.717, 1.165) is 37.0 Å². The van der Waals surface area contributed by atoms with E-state index in [0.29, 0.717) is 30.1 Å². The lowest BCUT2D eigenvalue weighted by Gasteiger charge is -2.39. The number of amides is 1. The first-order valence-corrected chi connectivity index (χ1v) is 14.0. The Kier molecular flexibility index (Phi) is 11.6. The molecule has 2 aromatic carbocycles. The molecule has 7 nitrogen and oxygen atoms in total. The molecule has 0 saturated heterocycles. The molecule has 1 amide bonds. The molecular weight excluding hydrogens is 499 g/mol. The van der Waals surface area contributed by atoms with Crippen molar-refractivity contribution in [3.05, 3.63) is 53.3 Å². The third kappa shape index (κ3) is 8.95. The predicted molar refractivity (Wildman–Crippen MR) is 152 cm³/mol. The highest BCUT2D eigenvalue weighted by Gasteiger charge is 2.29. The molecule has 0 heterocycles. The van der Waals surface area contributed by atoms with E-state index in [-0.39, 0.29) is 37.3 Å². The van der Waals surface area contributed by atoms with Crippen LogP contribution in [0.15, 0.2) is 36.4 Å². The topological polar surface area (TPSA) is 88.1 Å². The number of methoxy groups -OCH3 is 1. The lowest BCUT2D eigenvalue weighted by atomic mass is 9.91. The molecule has 8 heteroatoms. The molecule has 1 aliphatic rings. The van der Waals surface area contributed by atoms with Crippen LogP contribution in [0.2, 0.25) is 0 Å². The molecule has 0 aliphatic heterocycles. The summed E-state index contributed by atoms with van der Waals surface area (Å²) >= 11 is 0. The summed E-state index contributed by atoms with van der Waals surface area (Å²) in [6, 6.07) is 10.7. The SMILES string of the molecule is CCOc1ccc(CC(=O)Nc2cc(C(COC)CC(=O)O)cc(F)c2N(CC(C)C)C2CCCCC2)cc1. The predicted octanol–water partition coefficient (Wildman–Crippen LogP) is 6.41. The maximum Gasteiger partial charge on any atom is 0.304 e. The number of carbonyl (C=O) groups is 2. The summed E-state index contributed by atoms with van der Waals surface area (Å²) in [6.07, 6.45) is 5.21. The first-order chi connectivity index (χ1) is 18.7. The zero-order valence-electron chi connectivity index (χ0n) is 23.7. The highest BCUT2D eigenvalue weighted by atomic mass is 19.1. The van der Waals surface area contributed by atoms with Gasteiger partial charge in [-0.05, 0) is 61.1 Å². The first kappa shape index (κ1) is 30.4. The van der Waals surface area contributed by atoms with Gasteiger partial charge in [-0.1, -0.05) is 45.2 Å². The number of carbonyl (C=O) groups excluding carboxylic acids is 1. The molecule has 0 radical (unpaired) electrons. The molecule has 1 aliphatic carbocycles. The van der Waals surface area contributed by atoms with Gasteiger partial charge in [0.1, 0.15) is 11.6 Å². The van der Waals surface area contributed by atoms with Gasteiger partial charge in [0, 0.05) is 25.6 Å². The summed E-state index contributed by atoms with van der Waals surface area (Å²) in [4.78, 5) is 26.9. The summed E-state index contributed by atoms with van der Waals surface area (Å²) in [5.41, 5.74) is 2.05. The van der Waals surface area contributed by atoms with E-state index in [1.54, 1.807) is 6.07 Å². The van der Waals surface area contributed by atoms with E-state index in [9.17, 15) is 14.7 Å². The molecule has 1 unspecified atom stereocenters. The van der Waals surface area contributed by atoms with Gasteiger partial charge in [0.2, 0.25) is 5.91 Å². The molecule has 0 spiro atoms. The second kappa shape index (κ2) is 14.9. The van der Waals surface area contributed by atoms with Gasteiger partial charge < -0.3 is 24.8 Å². The number of ether oxygens (including phenoxy) is 2. The van der Waals surface area contributed by atoms with Crippen LogP contribution in [0.3, 0.4) is 0 Å². The van der Waals surface area contributed by atoms with Crippen LogP contribution in [-0.4, -0.2) is 49.9 Å². The third-order valence-electron chi connectivity index (χ3n) is 7.08. The lowest BCUT2D eigenvalue weighted by Crippen LogP contribution is -2.40. The standard InChI is InChI=1S/C31H43FN2O5/c1-5-39-26-13-11-22(12-14-26)15-29(35)33-28-17-23(24(20-38-4)18-30(36)37)16-27(32)31(28)34(19-21(2)3)25-9-7-6-8-10-25/h11-14,16-17,21,24-25H,5-10,15,18-20H2,1-4H3,(H,33,35)(H,36,37). The zero-order valence-corrected chi connectivity index (χ0v) is 23.7. The molecule has 214 valence electrons. The summed E-state index contributed by atoms with van der Waals surface area (Å²) < 4.78 is 26.9. The largest absolute Gasteiger partial charge is 0.494 e. The number of halogens is 1. The minimum absolute atomic E-state index is 0.113. The van der Waals surface area contributed by atoms with Crippen LogP contribution in [0.25, 0.3) is 0 Å². The first-order valence-electron chi connectivity index (χ1n) is 14.0. The van der Waals surface area contributed by atoms with Crippen molar-refractivity contribution < 1.29 is 28.6 Å². The van der Waals surface area contributed by atoms with Crippen LogP contribution in [0.5, 0.6) is 5.75 Å². The van der Waals surface area contributed by atoms with Gasteiger partial charge in [-0.15, -0.1) is 0 Å². The van der Waals surface area contributed by atoms with E-state index in [1.165, 1.54) is 19.6 Å².